The van der Waals surface area contributed by atoms with E-state index in [1.54, 1.807) is 37.6 Å². The maximum absolute atomic E-state index is 9.13. The number of aliphatic imine (C=N–C) groups is 1. The van der Waals surface area contributed by atoms with Gasteiger partial charge in [0.2, 0.25) is 0 Å². The van der Waals surface area contributed by atoms with Gasteiger partial charge in [0.05, 0.1) is 12.8 Å². The molecule has 0 aliphatic rings. The lowest BCUT2D eigenvalue weighted by atomic mass is 10.2. The summed E-state index contributed by atoms with van der Waals surface area (Å²) in [4.78, 5) is 4.30. The van der Waals surface area contributed by atoms with Crippen LogP contribution in [0, 0.1) is 0 Å². The van der Waals surface area contributed by atoms with Crippen LogP contribution in [0.4, 0.5) is 5.69 Å². The molecule has 0 aromatic heterocycles. The molecular weight excluding hydrogens is 250 g/mol. The number of aromatic hydroxyl groups is 1. The average molecular weight is 264 g/mol. The van der Waals surface area contributed by atoms with Gasteiger partial charge in [-0.3, -0.25) is 4.99 Å². The number of halogens is 1. The quantitative estimate of drug-likeness (QED) is 0.860. The van der Waals surface area contributed by atoms with Crippen LogP contribution in [0.15, 0.2) is 53.5 Å². The van der Waals surface area contributed by atoms with Crippen molar-refractivity contribution in [2.24, 2.45) is 4.99 Å². The van der Waals surface area contributed by atoms with Crippen LogP contribution < -0.4 is 4.74 Å². The molecule has 94 valence electrons. The van der Waals surface area contributed by atoms with Gasteiger partial charge in [0, 0.05) is 6.21 Å². The normalized spacial score (nSPS) is 10.1. The molecular formula is C14H14ClNO2. The van der Waals surface area contributed by atoms with Crippen LogP contribution in [0.3, 0.4) is 0 Å². The summed E-state index contributed by atoms with van der Waals surface area (Å²) in [5.41, 5.74) is 1.80. The molecule has 0 unspecified atom stereocenters. The molecule has 0 spiro atoms. The maximum atomic E-state index is 9.13. The molecule has 0 amide bonds. The fourth-order valence-electron chi connectivity index (χ4n) is 1.38. The molecule has 0 bridgehead atoms. The van der Waals surface area contributed by atoms with Crippen LogP contribution in [0.1, 0.15) is 5.56 Å². The van der Waals surface area contributed by atoms with E-state index in [0.717, 1.165) is 17.0 Å². The minimum Gasteiger partial charge on any atom is -0.508 e. The summed E-state index contributed by atoms with van der Waals surface area (Å²) >= 11 is 0. The van der Waals surface area contributed by atoms with Crippen molar-refractivity contribution in [1.29, 1.82) is 0 Å². The summed E-state index contributed by atoms with van der Waals surface area (Å²) in [6, 6.07) is 14.4. The highest BCUT2D eigenvalue weighted by atomic mass is 35.5. The minimum absolute atomic E-state index is 0. The molecule has 3 nitrogen and oxygen atoms in total. The van der Waals surface area contributed by atoms with Gasteiger partial charge in [-0.25, -0.2) is 0 Å². The summed E-state index contributed by atoms with van der Waals surface area (Å²) in [6.07, 6.45) is 1.77. The summed E-state index contributed by atoms with van der Waals surface area (Å²) in [6.45, 7) is 0. The Kier molecular flexibility index (Phi) is 5.21. The maximum Gasteiger partial charge on any atom is 0.118 e. The van der Waals surface area contributed by atoms with E-state index in [4.69, 9.17) is 9.84 Å². The second-order valence-corrected chi connectivity index (χ2v) is 3.55. The van der Waals surface area contributed by atoms with E-state index in [1.807, 2.05) is 24.3 Å². The number of phenols is 1. The zero-order valence-corrected chi connectivity index (χ0v) is 10.7. The first kappa shape index (κ1) is 14.1. The number of phenolic OH excluding ortho intramolecular Hbond substituents is 1. The summed E-state index contributed by atoms with van der Waals surface area (Å²) in [5, 5.41) is 9.13. The van der Waals surface area contributed by atoms with Crippen LogP contribution in [0.2, 0.25) is 0 Å². The molecule has 2 aromatic carbocycles. The van der Waals surface area contributed by atoms with Gasteiger partial charge in [0.1, 0.15) is 11.5 Å². The van der Waals surface area contributed by atoms with E-state index in [0.29, 0.717) is 0 Å². The highest BCUT2D eigenvalue weighted by Gasteiger charge is 1.92. The van der Waals surface area contributed by atoms with Crippen LogP contribution in [-0.4, -0.2) is 18.4 Å². The molecule has 0 fully saturated rings. The minimum atomic E-state index is 0. The standard InChI is InChI=1S/C14H13NO2.ClH/c1-17-14-8-2-11(3-9-14)10-15-12-4-6-13(16)7-5-12;/h2-10,16H,1H3;1H. The predicted octanol–water partition coefficient (Wildman–Crippen LogP) is 3.57. The summed E-state index contributed by atoms with van der Waals surface area (Å²) in [7, 11) is 1.64. The van der Waals surface area contributed by atoms with Crippen LogP contribution in [0.25, 0.3) is 0 Å². The lowest BCUT2D eigenvalue weighted by Gasteiger charge is -1.99. The van der Waals surface area contributed by atoms with E-state index in [-0.39, 0.29) is 18.2 Å². The number of methoxy groups -OCH3 is 1. The van der Waals surface area contributed by atoms with E-state index >= 15 is 0 Å². The van der Waals surface area contributed by atoms with Crippen molar-refractivity contribution in [1.82, 2.24) is 0 Å². The fraction of sp³-hybridized carbons (Fsp3) is 0.0714. The van der Waals surface area contributed by atoms with Gasteiger partial charge in [0.25, 0.3) is 0 Å². The van der Waals surface area contributed by atoms with Gasteiger partial charge >= 0.3 is 0 Å². The first-order valence-electron chi connectivity index (χ1n) is 5.25. The Hall–Kier alpha value is -2.00. The summed E-state index contributed by atoms with van der Waals surface area (Å²) in [5.74, 6) is 1.07. The highest BCUT2D eigenvalue weighted by molar-refractivity contribution is 5.85. The largest absolute Gasteiger partial charge is 0.508 e. The smallest absolute Gasteiger partial charge is 0.118 e. The number of benzene rings is 2. The van der Waals surface area contributed by atoms with Gasteiger partial charge in [-0.1, -0.05) is 0 Å². The van der Waals surface area contributed by atoms with Crippen molar-refractivity contribution in [3.8, 4) is 11.5 Å². The van der Waals surface area contributed by atoms with Crippen molar-refractivity contribution < 1.29 is 9.84 Å². The fourth-order valence-corrected chi connectivity index (χ4v) is 1.38. The zero-order valence-electron chi connectivity index (χ0n) is 9.91. The topological polar surface area (TPSA) is 41.8 Å². The van der Waals surface area contributed by atoms with Gasteiger partial charge in [0.15, 0.2) is 0 Å². The lowest BCUT2D eigenvalue weighted by Crippen LogP contribution is -1.84. The first-order chi connectivity index (χ1) is 8.28. The van der Waals surface area contributed by atoms with E-state index in [2.05, 4.69) is 4.99 Å². The van der Waals surface area contributed by atoms with Crippen LogP contribution in [0.5, 0.6) is 11.5 Å². The Morgan fingerprint density at radius 2 is 1.61 bits per heavy atom. The Bertz CT molecular complexity index is 506. The second kappa shape index (κ2) is 6.67. The lowest BCUT2D eigenvalue weighted by molar-refractivity contribution is 0.415. The molecule has 0 aliphatic carbocycles. The van der Waals surface area contributed by atoms with Crippen molar-refractivity contribution in [2.45, 2.75) is 0 Å². The molecule has 0 heterocycles. The third-order valence-corrected chi connectivity index (χ3v) is 2.33. The van der Waals surface area contributed by atoms with Crippen molar-refractivity contribution in [2.75, 3.05) is 7.11 Å². The second-order valence-electron chi connectivity index (χ2n) is 3.55. The SMILES string of the molecule is COc1ccc(C=Nc2ccc(O)cc2)cc1.Cl. The number of nitrogens with zero attached hydrogens (tertiary/aromatic N) is 1. The van der Waals surface area contributed by atoms with Crippen molar-refractivity contribution in [3.63, 3.8) is 0 Å². The molecule has 0 atom stereocenters. The van der Waals surface area contributed by atoms with Gasteiger partial charge in [-0.05, 0) is 54.1 Å². The van der Waals surface area contributed by atoms with Crippen LogP contribution >= 0.6 is 12.4 Å². The number of ether oxygens (including phenoxy) is 1. The molecule has 2 aromatic rings. The summed E-state index contributed by atoms with van der Waals surface area (Å²) < 4.78 is 5.07. The third kappa shape index (κ3) is 3.79. The van der Waals surface area contributed by atoms with Crippen molar-refractivity contribution >= 4 is 24.3 Å². The van der Waals surface area contributed by atoms with E-state index in [1.165, 1.54) is 0 Å². The average Bonchev–Trinajstić information content (AvgIpc) is 2.39. The molecule has 18 heavy (non-hydrogen) atoms. The molecule has 0 radical (unpaired) electrons. The third-order valence-electron chi connectivity index (χ3n) is 2.33. The van der Waals surface area contributed by atoms with Gasteiger partial charge in [-0.2, -0.15) is 0 Å². The zero-order chi connectivity index (χ0) is 12.1. The van der Waals surface area contributed by atoms with Crippen LogP contribution in [-0.2, 0) is 0 Å². The predicted molar refractivity (Wildman–Crippen MR) is 75.6 cm³/mol. The number of rotatable bonds is 3. The Morgan fingerprint density at radius 1 is 1.00 bits per heavy atom. The number of hydrogen-bond acceptors (Lipinski definition) is 3. The Labute approximate surface area is 112 Å². The first-order valence-corrected chi connectivity index (χ1v) is 5.25. The van der Waals surface area contributed by atoms with E-state index < -0.39 is 0 Å². The molecule has 1 N–H and O–H groups in total. The molecule has 0 aliphatic heterocycles. The van der Waals surface area contributed by atoms with Gasteiger partial charge in [-0.15, -0.1) is 12.4 Å². The van der Waals surface area contributed by atoms with Gasteiger partial charge < -0.3 is 9.84 Å². The molecule has 0 saturated carbocycles. The number of hydrogen-bond donors (Lipinski definition) is 1. The van der Waals surface area contributed by atoms with E-state index in [9.17, 15) is 0 Å². The Balaban J connectivity index is 0.00000162. The highest BCUT2D eigenvalue weighted by Crippen LogP contribution is 2.17. The Morgan fingerprint density at radius 3 is 2.17 bits per heavy atom. The monoisotopic (exact) mass is 263 g/mol. The molecule has 2 rings (SSSR count). The molecule has 0 saturated heterocycles. The molecule has 4 heteroatoms. The van der Waals surface area contributed by atoms with Crippen molar-refractivity contribution in [3.05, 3.63) is 54.1 Å².